The number of anilines is 1. The predicted molar refractivity (Wildman–Crippen MR) is 135 cm³/mol. The summed E-state index contributed by atoms with van der Waals surface area (Å²) in [5, 5.41) is 12.7. The number of amides is 1. The lowest BCUT2D eigenvalue weighted by molar-refractivity contribution is -0.112. The minimum atomic E-state index is -0.607. The highest BCUT2D eigenvalue weighted by atomic mass is 127. The molecule has 0 aromatic heterocycles. The van der Waals surface area contributed by atoms with E-state index in [-0.39, 0.29) is 23.0 Å². The van der Waals surface area contributed by atoms with Gasteiger partial charge in [0.1, 0.15) is 24.1 Å². The normalized spacial score (nSPS) is 11.0. The van der Waals surface area contributed by atoms with Crippen molar-refractivity contribution in [1.82, 2.24) is 0 Å². The van der Waals surface area contributed by atoms with Crippen molar-refractivity contribution in [3.8, 4) is 17.6 Å². The molecule has 0 aliphatic heterocycles. The molecule has 0 saturated carbocycles. The Morgan fingerprint density at radius 1 is 1.18 bits per heavy atom. The number of rotatable bonds is 7. The maximum Gasteiger partial charge on any atom is 0.266 e. The van der Waals surface area contributed by atoms with Crippen LogP contribution >= 0.6 is 45.8 Å². The molecule has 33 heavy (non-hydrogen) atoms. The molecular formula is C24H16Cl2FIN2O3. The summed E-state index contributed by atoms with van der Waals surface area (Å²) in [7, 11) is 1.47. The third-order valence-corrected chi connectivity index (χ3v) is 5.98. The second kappa shape index (κ2) is 11.4. The van der Waals surface area contributed by atoms with E-state index in [0.29, 0.717) is 36.9 Å². The first kappa shape index (κ1) is 24.8. The first-order valence-corrected chi connectivity index (χ1v) is 11.3. The second-order valence-corrected chi connectivity index (χ2v) is 8.64. The number of hydrogen-bond donors (Lipinski definition) is 1. The number of carbonyl (C=O) groups excluding carboxylic acids is 1. The second-order valence-electron chi connectivity index (χ2n) is 6.67. The van der Waals surface area contributed by atoms with E-state index in [1.807, 2.05) is 28.7 Å². The van der Waals surface area contributed by atoms with Crippen molar-refractivity contribution in [2.45, 2.75) is 6.61 Å². The summed E-state index contributed by atoms with van der Waals surface area (Å²) in [6.07, 6.45) is 1.43. The van der Waals surface area contributed by atoms with Gasteiger partial charge in [0.25, 0.3) is 5.91 Å². The predicted octanol–water partition coefficient (Wildman–Crippen LogP) is 6.87. The van der Waals surface area contributed by atoms with Crippen LogP contribution in [-0.4, -0.2) is 13.0 Å². The van der Waals surface area contributed by atoms with Crippen molar-refractivity contribution in [1.29, 1.82) is 5.26 Å². The van der Waals surface area contributed by atoms with Gasteiger partial charge in [-0.15, -0.1) is 0 Å². The molecule has 5 nitrogen and oxygen atoms in total. The van der Waals surface area contributed by atoms with Crippen LogP contribution in [-0.2, 0) is 11.4 Å². The third kappa shape index (κ3) is 6.38. The molecule has 0 bridgehead atoms. The molecule has 0 heterocycles. The Balaban J connectivity index is 1.83. The summed E-state index contributed by atoms with van der Waals surface area (Å²) in [5.74, 6) is -0.161. The maximum atomic E-state index is 13.9. The fourth-order valence-electron chi connectivity index (χ4n) is 2.82. The fraction of sp³-hybridized carbons (Fsp3) is 0.0833. The van der Waals surface area contributed by atoms with Gasteiger partial charge in [-0.3, -0.25) is 4.79 Å². The van der Waals surface area contributed by atoms with Crippen molar-refractivity contribution in [3.05, 3.63) is 90.7 Å². The Morgan fingerprint density at radius 3 is 2.61 bits per heavy atom. The van der Waals surface area contributed by atoms with Gasteiger partial charge in [0.15, 0.2) is 11.5 Å². The summed E-state index contributed by atoms with van der Waals surface area (Å²) in [4.78, 5) is 12.6. The smallest absolute Gasteiger partial charge is 0.266 e. The molecule has 9 heteroatoms. The number of ether oxygens (including phenoxy) is 2. The number of nitrogens with zero attached hydrogens (tertiary/aromatic N) is 1. The molecule has 0 unspecified atom stereocenters. The van der Waals surface area contributed by atoms with Gasteiger partial charge in [-0.2, -0.15) is 5.26 Å². The summed E-state index contributed by atoms with van der Waals surface area (Å²) in [5.41, 5.74) is 1.24. The summed E-state index contributed by atoms with van der Waals surface area (Å²) < 4.78 is 25.8. The minimum absolute atomic E-state index is 0.0176. The minimum Gasteiger partial charge on any atom is -0.493 e. The highest BCUT2D eigenvalue weighted by Gasteiger charge is 2.15. The van der Waals surface area contributed by atoms with Crippen molar-refractivity contribution in [3.63, 3.8) is 0 Å². The summed E-state index contributed by atoms with van der Waals surface area (Å²) in [6, 6.07) is 16.2. The molecule has 0 atom stereocenters. The Labute approximate surface area is 213 Å². The molecular weight excluding hydrogens is 581 g/mol. The van der Waals surface area contributed by atoms with E-state index in [4.69, 9.17) is 32.7 Å². The van der Waals surface area contributed by atoms with Crippen LogP contribution in [0.5, 0.6) is 11.5 Å². The molecule has 0 aliphatic carbocycles. The zero-order chi connectivity index (χ0) is 24.0. The molecule has 0 fully saturated rings. The van der Waals surface area contributed by atoms with Gasteiger partial charge in [-0.05, 0) is 70.6 Å². The molecule has 0 saturated heterocycles. The summed E-state index contributed by atoms with van der Waals surface area (Å²) in [6.45, 7) is 0.0176. The molecule has 1 N–H and O–H groups in total. The van der Waals surface area contributed by atoms with Gasteiger partial charge in [-0.25, -0.2) is 4.39 Å². The monoisotopic (exact) mass is 596 g/mol. The Bertz CT molecular complexity index is 1280. The van der Waals surface area contributed by atoms with Crippen LogP contribution in [0.25, 0.3) is 6.08 Å². The van der Waals surface area contributed by atoms with Crippen molar-refractivity contribution < 1.29 is 18.7 Å². The Kier molecular flexibility index (Phi) is 8.55. The quantitative estimate of drug-likeness (QED) is 0.184. The molecule has 3 rings (SSSR count). The molecule has 0 radical (unpaired) electrons. The standard InChI is InChI=1S/C24H16Cl2FIN2O3/c1-32-22-10-14(9-21(28)23(22)33-13-15-4-2-3-5-20(15)27)8-16(12-29)24(31)30-17-6-7-18(25)19(26)11-17/h2-11H,13H2,1H3,(H,30,31)/b16-8+. The molecule has 1 amide bonds. The van der Waals surface area contributed by atoms with Gasteiger partial charge in [0.2, 0.25) is 0 Å². The van der Waals surface area contributed by atoms with Crippen molar-refractivity contribution in [2.75, 3.05) is 12.4 Å². The van der Waals surface area contributed by atoms with E-state index in [2.05, 4.69) is 5.32 Å². The molecule has 168 valence electrons. The average Bonchev–Trinajstić information content (AvgIpc) is 2.79. The largest absolute Gasteiger partial charge is 0.493 e. The number of halogens is 4. The molecule has 3 aromatic carbocycles. The molecule has 0 aliphatic rings. The average molecular weight is 597 g/mol. The van der Waals surface area contributed by atoms with Crippen LogP contribution in [0.4, 0.5) is 10.1 Å². The van der Waals surface area contributed by atoms with Crippen LogP contribution in [0.2, 0.25) is 10.0 Å². The Morgan fingerprint density at radius 2 is 1.94 bits per heavy atom. The highest BCUT2D eigenvalue weighted by molar-refractivity contribution is 14.1. The number of methoxy groups -OCH3 is 1. The summed E-state index contributed by atoms with van der Waals surface area (Å²) >= 11 is 13.9. The lowest BCUT2D eigenvalue weighted by Crippen LogP contribution is -2.13. The van der Waals surface area contributed by atoms with Gasteiger partial charge in [0.05, 0.1) is 20.7 Å². The highest BCUT2D eigenvalue weighted by Crippen LogP contribution is 2.35. The number of nitrogens with one attached hydrogen (secondary N) is 1. The van der Waals surface area contributed by atoms with E-state index >= 15 is 0 Å². The molecule has 0 spiro atoms. The van der Waals surface area contributed by atoms with Gasteiger partial charge < -0.3 is 14.8 Å². The van der Waals surface area contributed by atoms with Crippen molar-refractivity contribution >= 4 is 63.5 Å². The lowest BCUT2D eigenvalue weighted by atomic mass is 10.1. The number of carbonyl (C=O) groups is 1. The van der Waals surface area contributed by atoms with E-state index in [1.165, 1.54) is 25.3 Å². The van der Waals surface area contributed by atoms with E-state index in [1.54, 1.807) is 42.5 Å². The van der Waals surface area contributed by atoms with Gasteiger partial charge >= 0.3 is 0 Å². The maximum absolute atomic E-state index is 13.9. The zero-order valence-corrected chi connectivity index (χ0v) is 20.8. The number of benzene rings is 3. The van der Waals surface area contributed by atoms with Crippen LogP contribution in [0.1, 0.15) is 11.1 Å². The van der Waals surface area contributed by atoms with Gasteiger partial charge in [0, 0.05) is 11.3 Å². The van der Waals surface area contributed by atoms with E-state index in [0.717, 1.165) is 0 Å². The SMILES string of the molecule is COc1cc(/C=C(\C#N)C(=O)Nc2ccc(Cl)c(Cl)c2)cc(I)c1OCc1ccccc1F. The van der Waals surface area contributed by atoms with Crippen LogP contribution in [0, 0.1) is 20.7 Å². The fourth-order valence-corrected chi connectivity index (χ4v) is 3.90. The lowest BCUT2D eigenvalue weighted by Gasteiger charge is -2.14. The first-order chi connectivity index (χ1) is 15.8. The van der Waals surface area contributed by atoms with Gasteiger partial charge in [-0.1, -0.05) is 41.4 Å². The van der Waals surface area contributed by atoms with Crippen molar-refractivity contribution in [2.24, 2.45) is 0 Å². The number of hydrogen-bond acceptors (Lipinski definition) is 4. The Hall–Kier alpha value is -2.80. The van der Waals surface area contributed by atoms with Crippen LogP contribution in [0.3, 0.4) is 0 Å². The topological polar surface area (TPSA) is 71.3 Å². The zero-order valence-electron chi connectivity index (χ0n) is 17.2. The van der Waals surface area contributed by atoms with Crippen LogP contribution in [0.15, 0.2) is 60.2 Å². The first-order valence-electron chi connectivity index (χ1n) is 9.44. The third-order valence-electron chi connectivity index (χ3n) is 4.44. The van der Waals surface area contributed by atoms with E-state index < -0.39 is 5.91 Å². The van der Waals surface area contributed by atoms with Crippen LogP contribution < -0.4 is 14.8 Å². The molecule has 3 aromatic rings. The number of nitriles is 1. The van der Waals surface area contributed by atoms with E-state index in [9.17, 15) is 14.4 Å².